The average Bonchev–Trinajstić information content (AvgIpc) is 2.11. The molecule has 4 heteroatoms. The normalized spacial score (nSPS) is 10.1. The Morgan fingerprint density at radius 3 is 2.69 bits per heavy atom. The van der Waals surface area contributed by atoms with Crippen LogP contribution in [0.15, 0.2) is 12.1 Å². The Kier molecular flexibility index (Phi) is 3.39. The fourth-order valence-corrected chi connectivity index (χ4v) is 1.33. The van der Waals surface area contributed by atoms with Crippen LogP contribution in [0.1, 0.15) is 5.56 Å². The van der Waals surface area contributed by atoms with E-state index in [0.29, 0.717) is 17.0 Å². The first kappa shape index (κ1) is 10.2. The molecule has 0 aliphatic rings. The van der Waals surface area contributed by atoms with Crippen molar-refractivity contribution in [2.75, 3.05) is 13.7 Å². The first-order chi connectivity index (χ1) is 6.20. The molecule has 0 amide bonds. The van der Waals surface area contributed by atoms with Crippen LogP contribution in [0.2, 0.25) is 5.02 Å². The van der Waals surface area contributed by atoms with Crippen LogP contribution in [-0.2, 0) is 6.42 Å². The second-order valence-electron chi connectivity index (χ2n) is 2.56. The van der Waals surface area contributed by atoms with E-state index in [0.717, 1.165) is 0 Å². The van der Waals surface area contributed by atoms with Gasteiger partial charge in [-0.25, -0.2) is 0 Å². The Balaban J connectivity index is 3.11. The second kappa shape index (κ2) is 4.35. The number of hydrogen-bond acceptors (Lipinski definition) is 3. The van der Waals surface area contributed by atoms with Gasteiger partial charge in [0.2, 0.25) is 0 Å². The monoisotopic (exact) mass is 202 g/mol. The van der Waals surface area contributed by atoms with Gasteiger partial charge in [-0.1, -0.05) is 17.7 Å². The van der Waals surface area contributed by atoms with E-state index < -0.39 is 0 Å². The molecule has 0 saturated carbocycles. The van der Waals surface area contributed by atoms with Crippen molar-refractivity contribution in [1.82, 2.24) is 0 Å². The number of aliphatic hydroxyl groups is 1. The summed E-state index contributed by atoms with van der Waals surface area (Å²) in [6, 6.07) is 3.29. The van der Waals surface area contributed by atoms with E-state index in [1.54, 1.807) is 12.1 Å². The van der Waals surface area contributed by atoms with Gasteiger partial charge in [0.1, 0.15) is 0 Å². The van der Waals surface area contributed by atoms with E-state index in [4.69, 9.17) is 21.4 Å². The molecule has 0 unspecified atom stereocenters. The zero-order valence-electron chi connectivity index (χ0n) is 7.25. The number of methoxy groups -OCH3 is 1. The van der Waals surface area contributed by atoms with E-state index in [9.17, 15) is 5.11 Å². The molecule has 1 aromatic rings. The number of benzene rings is 1. The summed E-state index contributed by atoms with van der Waals surface area (Å²) in [5.74, 6) is 0.261. The van der Waals surface area contributed by atoms with Crippen molar-refractivity contribution in [3.05, 3.63) is 22.7 Å². The fraction of sp³-hybridized carbons (Fsp3) is 0.333. The molecular formula is C9H11ClO3. The zero-order valence-corrected chi connectivity index (χ0v) is 8.01. The molecule has 13 heavy (non-hydrogen) atoms. The lowest BCUT2D eigenvalue weighted by molar-refractivity contribution is 0.296. The van der Waals surface area contributed by atoms with Crippen molar-refractivity contribution in [3.8, 4) is 11.5 Å². The van der Waals surface area contributed by atoms with Crippen LogP contribution in [0.5, 0.6) is 11.5 Å². The van der Waals surface area contributed by atoms with E-state index in [-0.39, 0.29) is 18.1 Å². The van der Waals surface area contributed by atoms with E-state index in [1.807, 2.05) is 0 Å². The summed E-state index contributed by atoms with van der Waals surface area (Å²) in [4.78, 5) is 0. The van der Waals surface area contributed by atoms with Gasteiger partial charge < -0.3 is 14.9 Å². The van der Waals surface area contributed by atoms with Gasteiger partial charge >= 0.3 is 0 Å². The van der Waals surface area contributed by atoms with Gasteiger partial charge in [0.05, 0.1) is 12.1 Å². The third-order valence-electron chi connectivity index (χ3n) is 1.75. The maximum absolute atomic E-state index is 9.58. The number of phenolic OH excluding ortho intramolecular Hbond substituents is 1. The average molecular weight is 203 g/mol. The van der Waals surface area contributed by atoms with E-state index in [1.165, 1.54) is 7.11 Å². The van der Waals surface area contributed by atoms with Gasteiger partial charge in [-0.05, 0) is 12.5 Å². The molecule has 3 nitrogen and oxygen atoms in total. The van der Waals surface area contributed by atoms with Gasteiger partial charge in [0.25, 0.3) is 0 Å². The third kappa shape index (κ3) is 2.05. The van der Waals surface area contributed by atoms with Crippen molar-refractivity contribution in [3.63, 3.8) is 0 Å². The number of aromatic hydroxyl groups is 1. The largest absolute Gasteiger partial charge is 0.504 e. The predicted octanol–water partition coefficient (Wildman–Crippen LogP) is 1.59. The molecule has 0 aliphatic heterocycles. The fourth-order valence-electron chi connectivity index (χ4n) is 1.10. The minimum Gasteiger partial charge on any atom is -0.504 e. The molecular weight excluding hydrogens is 192 g/mol. The Morgan fingerprint density at radius 1 is 1.46 bits per heavy atom. The summed E-state index contributed by atoms with van der Waals surface area (Å²) < 4.78 is 4.90. The molecule has 1 rings (SSSR count). The molecule has 72 valence electrons. The number of hydrogen-bond donors (Lipinski definition) is 2. The Labute approximate surface area is 81.5 Å². The van der Waals surface area contributed by atoms with Gasteiger partial charge in [0.15, 0.2) is 11.5 Å². The second-order valence-corrected chi connectivity index (χ2v) is 2.97. The lowest BCUT2D eigenvalue weighted by Crippen LogP contribution is -1.94. The SMILES string of the molecule is COc1c(Cl)ccc(CCO)c1O. The van der Waals surface area contributed by atoms with Crippen molar-refractivity contribution in [2.24, 2.45) is 0 Å². The summed E-state index contributed by atoms with van der Waals surface area (Å²) in [7, 11) is 1.43. The minimum absolute atomic E-state index is 0.00375. The van der Waals surface area contributed by atoms with Crippen LogP contribution in [0.4, 0.5) is 0 Å². The van der Waals surface area contributed by atoms with Crippen molar-refractivity contribution >= 4 is 11.6 Å². The number of ether oxygens (including phenoxy) is 1. The van der Waals surface area contributed by atoms with E-state index >= 15 is 0 Å². The lowest BCUT2D eigenvalue weighted by atomic mass is 10.1. The molecule has 0 atom stereocenters. The molecule has 0 aliphatic carbocycles. The van der Waals surface area contributed by atoms with E-state index in [2.05, 4.69) is 0 Å². The smallest absolute Gasteiger partial charge is 0.179 e. The van der Waals surface area contributed by atoms with Crippen LogP contribution in [0.25, 0.3) is 0 Å². The molecule has 0 radical (unpaired) electrons. The summed E-state index contributed by atoms with van der Waals surface area (Å²) in [6.45, 7) is -0.0155. The molecule has 2 N–H and O–H groups in total. The Bertz CT molecular complexity index is 299. The van der Waals surface area contributed by atoms with Crippen molar-refractivity contribution in [2.45, 2.75) is 6.42 Å². The molecule has 0 spiro atoms. The van der Waals surface area contributed by atoms with Gasteiger partial charge in [-0.3, -0.25) is 0 Å². The number of aliphatic hydroxyl groups excluding tert-OH is 1. The van der Waals surface area contributed by atoms with Crippen molar-refractivity contribution in [1.29, 1.82) is 0 Å². The molecule has 0 heterocycles. The summed E-state index contributed by atoms with van der Waals surface area (Å²) in [6.07, 6.45) is 0.388. The quantitative estimate of drug-likeness (QED) is 0.783. The number of halogens is 1. The summed E-state index contributed by atoms with van der Waals surface area (Å²) >= 11 is 5.75. The molecule has 0 saturated heterocycles. The van der Waals surface area contributed by atoms with Crippen LogP contribution < -0.4 is 4.74 Å². The Morgan fingerprint density at radius 2 is 2.15 bits per heavy atom. The van der Waals surface area contributed by atoms with Gasteiger partial charge in [-0.2, -0.15) is 0 Å². The molecule has 0 fully saturated rings. The molecule has 1 aromatic carbocycles. The zero-order chi connectivity index (χ0) is 9.84. The molecule has 0 bridgehead atoms. The predicted molar refractivity (Wildman–Crippen MR) is 50.5 cm³/mol. The third-order valence-corrected chi connectivity index (χ3v) is 2.05. The maximum Gasteiger partial charge on any atom is 0.179 e. The highest BCUT2D eigenvalue weighted by molar-refractivity contribution is 6.32. The first-order valence-corrected chi connectivity index (χ1v) is 4.23. The maximum atomic E-state index is 9.58. The first-order valence-electron chi connectivity index (χ1n) is 3.86. The highest BCUT2D eigenvalue weighted by Crippen LogP contribution is 2.36. The minimum atomic E-state index is -0.0155. The topological polar surface area (TPSA) is 49.7 Å². The van der Waals surface area contributed by atoms with Crippen LogP contribution in [0, 0.1) is 0 Å². The summed E-state index contributed by atoms with van der Waals surface area (Å²) in [5, 5.41) is 18.6. The highest BCUT2D eigenvalue weighted by atomic mass is 35.5. The lowest BCUT2D eigenvalue weighted by Gasteiger charge is -2.09. The standard InChI is InChI=1S/C9H11ClO3/c1-13-9-7(10)3-2-6(4-5-11)8(9)12/h2-3,11-12H,4-5H2,1H3. The van der Waals surface area contributed by atoms with Crippen LogP contribution in [0.3, 0.4) is 0 Å². The molecule has 0 aromatic heterocycles. The Hall–Kier alpha value is -0.930. The summed E-state index contributed by atoms with van der Waals surface area (Å²) in [5.41, 5.74) is 0.628. The van der Waals surface area contributed by atoms with Crippen LogP contribution >= 0.6 is 11.6 Å². The number of phenols is 1. The van der Waals surface area contributed by atoms with Crippen LogP contribution in [-0.4, -0.2) is 23.9 Å². The van der Waals surface area contributed by atoms with Gasteiger partial charge in [0, 0.05) is 12.2 Å². The van der Waals surface area contributed by atoms with Crippen molar-refractivity contribution < 1.29 is 14.9 Å². The highest BCUT2D eigenvalue weighted by Gasteiger charge is 2.10. The number of rotatable bonds is 3. The van der Waals surface area contributed by atoms with Gasteiger partial charge in [-0.15, -0.1) is 0 Å².